The Balaban J connectivity index is 2.06. The molecule has 1 heterocycles. The Morgan fingerprint density at radius 2 is 1.95 bits per heavy atom. The number of carboxylic acids is 1. The summed E-state index contributed by atoms with van der Waals surface area (Å²) in [5, 5.41) is 8.97. The molecule has 1 N–H and O–H groups in total. The third kappa shape index (κ3) is 3.35. The monoisotopic (exact) mass is 270 g/mol. The zero-order valence-electron chi connectivity index (χ0n) is 11.7. The van der Waals surface area contributed by atoms with Gasteiger partial charge in [0.2, 0.25) is 0 Å². The SMILES string of the molecule is Cc1cc(C(=O)O)ccc1N(C)CCc1ccncc1. The van der Waals surface area contributed by atoms with Crippen LogP contribution in [0.2, 0.25) is 0 Å². The second-order valence-electron chi connectivity index (χ2n) is 4.83. The molecule has 0 aliphatic rings. The van der Waals surface area contributed by atoms with Gasteiger partial charge >= 0.3 is 5.97 Å². The van der Waals surface area contributed by atoms with Crippen molar-refractivity contribution >= 4 is 11.7 Å². The van der Waals surface area contributed by atoms with Crippen LogP contribution in [0.15, 0.2) is 42.7 Å². The summed E-state index contributed by atoms with van der Waals surface area (Å²) in [4.78, 5) is 17.1. The highest BCUT2D eigenvalue weighted by Gasteiger charge is 2.08. The number of anilines is 1. The van der Waals surface area contributed by atoms with Crippen molar-refractivity contribution in [2.75, 3.05) is 18.5 Å². The van der Waals surface area contributed by atoms with Crippen molar-refractivity contribution in [2.45, 2.75) is 13.3 Å². The van der Waals surface area contributed by atoms with Gasteiger partial charge in [-0.05, 0) is 54.8 Å². The van der Waals surface area contributed by atoms with E-state index in [4.69, 9.17) is 5.11 Å². The van der Waals surface area contributed by atoms with Crippen molar-refractivity contribution in [1.82, 2.24) is 4.98 Å². The molecule has 0 spiro atoms. The highest BCUT2D eigenvalue weighted by Crippen LogP contribution is 2.20. The van der Waals surface area contributed by atoms with E-state index >= 15 is 0 Å². The van der Waals surface area contributed by atoms with Crippen LogP contribution in [0.5, 0.6) is 0 Å². The van der Waals surface area contributed by atoms with Crippen molar-refractivity contribution in [1.29, 1.82) is 0 Å². The lowest BCUT2D eigenvalue weighted by Gasteiger charge is -2.21. The van der Waals surface area contributed by atoms with Crippen LogP contribution in [0.25, 0.3) is 0 Å². The molecule has 1 aromatic carbocycles. The molecule has 0 bridgehead atoms. The maximum atomic E-state index is 10.9. The molecule has 0 fully saturated rings. The molecule has 0 radical (unpaired) electrons. The van der Waals surface area contributed by atoms with Crippen LogP contribution in [0.4, 0.5) is 5.69 Å². The minimum absolute atomic E-state index is 0.328. The summed E-state index contributed by atoms with van der Waals surface area (Å²) in [5.74, 6) is -0.890. The zero-order chi connectivity index (χ0) is 14.5. The molecule has 0 atom stereocenters. The van der Waals surface area contributed by atoms with Crippen LogP contribution >= 0.6 is 0 Å². The summed E-state index contributed by atoms with van der Waals surface area (Å²) >= 11 is 0. The number of benzene rings is 1. The van der Waals surface area contributed by atoms with E-state index in [0.717, 1.165) is 24.2 Å². The number of nitrogens with zero attached hydrogens (tertiary/aromatic N) is 2. The number of pyridine rings is 1. The molecule has 0 aliphatic heterocycles. The second kappa shape index (κ2) is 6.19. The number of hydrogen-bond acceptors (Lipinski definition) is 3. The first-order valence-corrected chi connectivity index (χ1v) is 6.52. The number of rotatable bonds is 5. The molecule has 2 rings (SSSR count). The number of carbonyl (C=O) groups is 1. The van der Waals surface area contributed by atoms with Gasteiger partial charge in [0.05, 0.1) is 5.56 Å². The number of aromatic nitrogens is 1. The maximum absolute atomic E-state index is 10.9. The Morgan fingerprint density at radius 1 is 1.25 bits per heavy atom. The van der Waals surface area contributed by atoms with E-state index in [-0.39, 0.29) is 0 Å². The lowest BCUT2D eigenvalue weighted by molar-refractivity contribution is 0.0697. The fourth-order valence-corrected chi connectivity index (χ4v) is 2.18. The predicted molar refractivity (Wildman–Crippen MR) is 79.3 cm³/mol. The largest absolute Gasteiger partial charge is 0.478 e. The maximum Gasteiger partial charge on any atom is 0.335 e. The molecule has 0 unspecified atom stereocenters. The molecule has 0 saturated heterocycles. The van der Waals surface area contributed by atoms with E-state index in [9.17, 15) is 4.79 Å². The van der Waals surface area contributed by atoms with Crippen molar-refractivity contribution in [3.63, 3.8) is 0 Å². The van der Waals surface area contributed by atoms with Gasteiger partial charge in [-0.3, -0.25) is 4.98 Å². The van der Waals surface area contributed by atoms with Gasteiger partial charge in [-0.25, -0.2) is 4.79 Å². The number of likely N-dealkylation sites (N-methyl/N-ethyl adjacent to an activating group) is 1. The van der Waals surface area contributed by atoms with Gasteiger partial charge in [0.25, 0.3) is 0 Å². The Morgan fingerprint density at radius 3 is 2.55 bits per heavy atom. The average molecular weight is 270 g/mol. The summed E-state index contributed by atoms with van der Waals surface area (Å²) in [5.41, 5.74) is 3.60. The molecular formula is C16H18N2O2. The molecule has 0 saturated carbocycles. The van der Waals surface area contributed by atoms with Crippen LogP contribution in [0.3, 0.4) is 0 Å². The first kappa shape index (κ1) is 14.1. The van der Waals surface area contributed by atoms with Crippen molar-refractivity contribution in [2.24, 2.45) is 0 Å². The normalized spacial score (nSPS) is 10.3. The molecule has 0 aliphatic carbocycles. The van der Waals surface area contributed by atoms with Gasteiger partial charge in [0, 0.05) is 31.7 Å². The van der Waals surface area contributed by atoms with Gasteiger partial charge in [-0.15, -0.1) is 0 Å². The van der Waals surface area contributed by atoms with Gasteiger partial charge < -0.3 is 10.0 Å². The highest BCUT2D eigenvalue weighted by molar-refractivity contribution is 5.88. The Hall–Kier alpha value is -2.36. The highest BCUT2D eigenvalue weighted by atomic mass is 16.4. The topological polar surface area (TPSA) is 53.4 Å². The first-order chi connectivity index (χ1) is 9.58. The van der Waals surface area contributed by atoms with E-state index in [2.05, 4.69) is 9.88 Å². The fraction of sp³-hybridized carbons (Fsp3) is 0.250. The van der Waals surface area contributed by atoms with Gasteiger partial charge in [0.15, 0.2) is 0 Å². The average Bonchev–Trinajstić information content (AvgIpc) is 2.45. The quantitative estimate of drug-likeness (QED) is 0.907. The lowest BCUT2D eigenvalue weighted by Crippen LogP contribution is -2.21. The molecular weight excluding hydrogens is 252 g/mol. The molecule has 4 nitrogen and oxygen atoms in total. The van der Waals surface area contributed by atoms with Crippen molar-refractivity contribution < 1.29 is 9.90 Å². The van der Waals surface area contributed by atoms with E-state index < -0.39 is 5.97 Å². The second-order valence-corrected chi connectivity index (χ2v) is 4.83. The van der Waals surface area contributed by atoms with Crippen molar-refractivity contribution in [3.05, 3.63) is 59.4 Å². The summed E-state index contributed by atoms with van der Waals surface area (Å²) in [7, 11) is 2.02. The Labute approximate surface area is 118 Å². The number of aromatic carboxylic acids is 1. The Kier molecular flexibility index (Phi) is 4.35. The minimum atomic E-state index is -0.890. The minimum Gasteiger partial charge on any atom is -0.478 e. The molecule has 20 heavy (non-hydrogen) atoms. The van der Waals surface area contributed by atoms with Gasteiger partial charge in [-0.1, -0.05) is 0 Å². The third-order valence-electron chi connectivity index (χ3n) is 3.34. The molecule has 1 aromatic heterocycles. The Bertz CT molecular complexity index is 597. The predicted octanol–water partition coefficient (Wildman–Crippen LogP) is 2.77. The summed E-state index contributed by atoms with van der Waals surface area (Å²) in [6.45, 7) is 2.81. The van der Waals surface area contributed by atoms with E-state index in [1.165, 1.54) is 5.56 Å². The molecule has 2 aromatic rings. The third-order valence-corrected chi connectivity index (χ3v) is 3.34. The summed E-state index contributed by atoms with van der Waals surface area (Å²) in [6.07, 6.45) is 4.52. The number of aryl methyl sites for hydroxylation is 1. The lowest BCUT2D eigenvalue weighted by atomic mass is 10.1. The van der Waals surface area contributed by atoms with Crippen molar-refractivity contribution in [3.8, 4) is 0 Å². The van der Waals surface area contributed by atoms with E-state index in [0.29, 0.717) is 5.56 Å². The molecule has 0 amide bonds. The van der Waals surface area contributed by atoms with Crippen LogP contribution in [-0.2, 0) is 6.42 Å². The standard InChI is InChI=1S/C16H18N2O2/c1-12-11-14(16(19)20)3-4-15(12)18(2)10-7-13-5-8-17-9-6-13/h3-6,8-9,11H,7,10H2,1-2H3,(H,19,20). The van der Waals surface area contributed by atoms with Crippen LogP contribution < -0.4 is 4.90 Å². The van der Waals surface area contributed by atoms with Crippen LogP contribution in [0.1, 0.15) is 21.5 Å². The fourth-order valence-electron chi connectivity index (χ4n) is 2.18. The molecule has 104 valence electrons. The summed E-state index contributed by atoms with van der Waals surface area (Å²) in [6, 6.07) is 9.24. The first-order valence-electron chi connectivity index (χ1n) is 6.52. The summed E-state index contributed by atoms with van der Waals surface area (Å²) < 4.78 is 0. The smallest absolute Gasteiger partial charge is 0.335 e. The molecule has 4 heteroatoms. The van der Waals surface area contributed by atoms with Crippen LogP contribution in [-0.4, -0.2) is 29.7 Å². The van der Waals surface area contributed by atoms with Crippen LogP contribution in [0, 0.1) is 6.92 Å². The zero-order valence-corrected chi connectivity index (χ0v) is 11.7. The van der Waals surface area contributed by atoms with E-state index in [1.54, 1.807) is 24.5 Å². The van der Waals surface area contributed by atoms with Gasteiger partial charge in [0.1, 0.15) is 0 Å². The van der Waals surface area contributed by atoms with Gasteiger partial charge in [-0.2, -0.15) is 0 Å². The number of hydrogen-bond donors (Lipinski definition) is 1. The number of carboxylic acid groups (broad SMARTS) is 1. The van der Waals surface area contributed by atoms with E-state index in [1.807, 2.05) is 32.2 Å².